The molecule has 1 unspecified atom stereocenters. The molecule has 2 aliphatic rings. The number of nitrogens with two attached hydrogens (primary N) is 1. The van der Waals surface area contributed by atoms with Crippen LogP contribution in [0.5, 0.6) is 0 Å². The van der Waals surface area contributed by atoms with Crippen molar-refractivity contribution in [1.29, 1.82) is 0 Å². The fourth-order valence-corrected chi connectivity index (χ4v) is 5.79. The number of hydrogen-bond acceptors (Lipinski definition) is 6. The minimum Gasteiger partial charge on any atom is -0.375 e. The van der Waals surface area contributed by atoms with Gasteiger partial charge in [-0.1, -0.05) is 30.3 Å². The number of aryl methyl sites for hydroxylation is 1. The van der Waals surface area contributed by atoms with Crippen molar-refractivity contribution in [2.45, 2.75) is 49.8 Å². The molecule has 2 aromatic carbocycles. The van der Waals surface area contributed by atoms with Crippen LogP contribution in [0.4, 0.5) is 18.9 Å². The second kappa shape index (κ2) is 13.1. The molecule has 6 rings (SSSR count). The number of ether oxygens (including phenoxy) is 1. The molecular weight excluding hydrogens is 569 g/mol. The Morgan fingerprint density at radius 2 is 1.75 bits per heavy atom. The third-order valence-corrected chi connectivity index (χ3v) is 8.19. The first-order valence-corrected chi connectivity index (χ1v) is 14.7. The van der Waals surface area contributed by atoms with E-state index in [1.165, 1.54) is 54.7 Å². The number of imidazole rings is 1. The number of nitrogens with zero attached hydrogens (tertiary/aromatic N) is 2. The molecule has 1 saturated heterocycles. The fourth-order valence-electron chi connectivity index (χ4n) is 5.79. The molecule has 1 aliphatic carbocycles. The highest BCUT2D eigenvalue weighted by atomic mass is 19.1. The molecule has 3 heterocycles. The summed E-state index contributed by atoms with van der Waals surface area (Å²) in [6.07, 6.45) is 9.19. The summed E-state index contributed by atoms with van der Waals surface area (Å²) in [5, 5.41) is 6.22. The number of pyridine rings is 1. The van der Waals surface area contributed by atoms with Crippen LogP contribution in [0, 0.1) is 17.5 Å². The van der Waals surface area contributed by atoms with Gasteiger partial charge in [-0.15, -0.1) is 0 Å². The molecule has 0 saturated carbocycles. The smallest absolute Gasteiger partial charge is 0.242 e. The molecular formula is C33H33F3N6O2. The van der Waals surface area contributed by atoms with Crippen LogP contribution in [0.25, 0.3) is 6.08 Å². The summed E-state index contributed by atoms with van der Waals surface area (Å²) in [5.41, 5.74) is 10.2. The topological polar surface area (TPSA) is 118 Å². The van der Waals surface area contributed by atoms with Crippen LogP contribution in [-0.2, 0) is 22.4 Å². The van der Waals surface area contributed by atoms with Gasteiger partial charge in [-0.3, -0.25) is 9.78 Å². The summed E-state index contributed by atoms with van der Waals surface area (Å²) in [6, 6.07) is 10.0. The van der Waals surface area contributed by atoms with Gasteiger partial charge in [-0.25, -0.2) is 18.2 Å². The molecule has 4 aromatic rings. The van der Waals surface area contributed by atoms with Crippen LogP contribution in [0.1, 0.15) is 58.7 Å². The highest BCUT2D eigenvalue weighted by Crippen LogP contribution is 2.30. The number of allylic oxidation sites excluding steroid dienone is 1. The molecule has 2 aromatic heterocycles. The van der Waals surface area contributed by atoms with Crippen molar-refractivity contribution in [3.05, 3.63) is 118 Å². The average Bonchev–Trinajstić information content (AvgIpc) is 3.47. The first-order chi connectivity index (χ1) is 21.4. The first-order valence-electron chi connectivity index (χ1n) is 14.7. The van der Waals surface area contributed by atoms with E-state index in [1.54, 1.807) is 0 Å². The van der Waals surface area contributed by atoms with E-state index in [-0.39, 0.29) is 29.8 Å². The maximum Gasteiger partial charge on any atom is 0.242 e. The van der Waals surface area contributed by atoms with Crippen LogP contribution >= 0.6 is 0 Å². The van der Waals surface area contributed by atoms with Gasteiger partial charge >= 0.3 is 0 Å². The van der Waals surface area contributed by atoms with Crippen molar-refractivity contribution in [2.24, 2.45) is 5.73 Å². The largest absolute Gasteiger partial charge is 0.375 e. The van der Waals surface area contributed by atoms with E-state index in [0.717, 1.165) is 36.3 Å². The number of anilines is 1. The lowest BCUT2D eigenvalue weighted by atomic mass is 9.85. The molecule has 11 heteroatoms. The van der Waals surface area contributed by atoms with Crippen LogP contribution in [-0.4, -0.2) is 46.2 Å². The second-order valence-electron chi connectivity index (χ2n) is 11.1. The number of benzene rings is 2. The Labute approximate surface area is 253 Å². The maximum atomic E-state index is 15.0. The van der Waals surface area contributed by atoms with Crippen molar-refractivity contribution in [3.63, 3.8) is 0 Å². The Bertz CT molecular complexity index is 1590. The van der Waals surface area contributed by atoms with Crippen LogP contribution in [0.3, 0.4) is 0 Å². The summed E-state index contributed by atoms with van der Waals surface area (Å²) >= 11 is 0. The molecule has 0 radical (unpaired) electrons. The van der Waals surface area contributed by atoms with E-state index in [9.17, 15) is 13.6 Å². The number of amides is 1. The Balaban J connectivity index is 1.11. The molecule has 8 nitrogen and oxygen atoms in total. The van der Waals surface area contributed by atoms with Gasteiger partial charge in [0.05, 0.1) is 48.6 Å². The summed E-state index contributed by atoms with van der Waals surface area (Å²) in [5.74, 6) is -1.89. The van der Waals surface area contributed by atoms with E-state index < -0.39 is 35.3 Å². The van der Waals surface area contributed by atoms with E-state index in [4.69, 9.17) is 15.5 Å². The fraction of sp³-hybridized carbons (Fsp3) is 0.303. The highest BCUT2D eigenvalue weighted by Gasteiger charge is 2.30. The molecule has 0 spiro atoms. The minimum atomic E-state index is -1.16. The lowest BCUT2D eigenvalue weighted by Crippen LogP contribution is -2.42. The Hall–Kier alpha value is -4.32. The van der Waals surface area contributed by atoms with Crippen molar-refractivity contribution in [3.8, 4) is 0 Å². The van der Waals surface area contributed by atoms with E-state index in [0.29, 0.717) is 30.7 Å². The lowest BCUT2D eigenvalue weighted by molar-refractivity contribution is -0.117. The van der Waals surface area contributed by atoms with Crippen molar-refractivity contribution < 1.29 is 22.7 Å². The van der Waals surface area contributed by atoms with Gasteiger partial charge in [0.1, 0.15) is 23.3 Å². The van der Waals surface area contributed by atoms with Gasteiger partial charge in [-0.2, -0.15) is 0 Å². The van der Waals surface area contributed by atoms with Crippen molar-refractivity contribution in [1.82, 2.24) is 20.3 Å². The Morgan fingerprint density at radius 3 is 2.39 bits per heavy atom. The number of carbonyl (C=O) groups is 1. The molecule has 0 bridgehead atoms. The molecule has 228 valence electrons. The quantitative estimate of drug-likeness (QED) is 0.216. The molecule has 3 atom stereocenters. The number of H-pyrrole nitrogens is 1. The number of halogens is 3. The van der Waals surface area contributed by atoms with Gasteiger partial charge in [0, 0.05) is 23.7 Å². The van der Waals surface area contributed by atoms with Crippen molar-refractivity contribution >= 4 is 17.7 Å². The van der Waals surface area contributed by atoms with Gasteiger partial charge in [0.15, 0.2) is 0 Å². The molecule has 44 heavy (non-hydrogen) atoms. The van der Waals surface area contributed by atoms with Crippen LogP contribution < -0.4 is 16.4 Å². The normalized spacial score (nSPS) is 18.7. The van der Waals surface area contributed by atoms with Gasteiger partial charge in [0.2, 0.25) is 5.91 Å². The highest BCUT2D eigenvalue weighted by molar-refractivity contribution is 5.96. The number of morpholine rings is 1. The van der Waals surface area contributed by atoms with E-state index in [1.807, 2.05) is 6.08 Å². The minimum absolute atomic E-state index is 0.0607. The number of aromatic nitrogens is 3. The number of rotatable bonds is 9. The van der Waals surface area contributed by atoms with Crippen LogP contribution in [0.2, 0.25) is 0 Å². The summed E-state index contributed by atoms with van der Waals surface area (Å²) in [6.45, 7) is 0.981. The third kappa shape index (κ3) is 6.59. The molecule has 1 aliphatic heterocycles. The summed E-state index contributed by atoms with van der Waals surface area (Å²) in [4.78, 5) is 25.5. The Kier molecular flexibility index (Phi) is 8.87. The zero-order chi connectivity index (χ0) is 30.6. The Morgan fingerprint density at radius 1 is 1.05 bits per heavy atom. The average molecular weight is 603 g/mol. The number of aromatic amines is 1. The lowest BCUT2D eigenvalue weighted by Gasteiger charge is -2.29. The zero-order valence-electron chi connectivity index (χ0n) is 23.9. The van der Waals surface area contributed by atoms with Crippen molar-refractivity contribution in [2.75, 3.05) is 18.5 Å². The van der Waals surface area contributed by atoms with Gasteiger partial charge in [-0.05, 0) is 67.2 Å². The summed E-state index contributed by atoms with van der Waals surface area (Å²) < 4.78 is 48.5. The van der Waals surface area contributed by atoms with Gasteiger partial charge < -0.3 is 26.1 Å². The van der Waals surface area contributed by atoms with E-state index in [2.05, 4.69) is 26.7 Å². The number of carbonyl (C=O) groups excluding carboxylic acids is 1. The second-order valence-corrected chi connectivity index (χ2v) is 11.1. The number of nitrogens with one attached hydrogen (secondary N) is 3. The summed E-state index contributed by atoms with van der Waals surface area (Å²) in [7, 11) is 0. The predicted molar refractivity (Wildman–Crippen MR) is 160 cm³/mol. The zero-order valence-corrected chi connectivity index (χ0v) is 23.9. The molecule has 5 N–H and O–H groups in total. The van der Waals surface area contributed by atoms with Gasteiger partial charge in [0.25, 0.3) is 0 Å². The number of hydrogen-bond donors (Lipinski definition) is 4. The first kappa shape index (κ1) is 29.7. The predicted octanol–water partition coefficient (Wildman–Crippen LogP) is 4.94. The van der Waals surface area contributed by atoms with Crippen LogP contribution in [0.15, 0.2) is 67.0 Å². The van der Waals surface area contributed by atoms with E-state index >= 15 is 4.39 Å². The monoisotopic (exact) mass is 602 g/mol. The number of fused-ring (bicyclic) bond motifs is 1. The molecule has 1 amide bonds. The standard InChI is InChI=1S/C33H33F3N6O2/c34-21-9-5-19(6-10-21)30(20-7-11-22(35)12-8-20)31(37)33(43)42-28-17-38-16-25(36)24(28)14-13-23-15-39-29(18-44-23)32-40-26-3-1-2-4-27(26)41-32/h1,3,5-12,16-17,23,29-31,39H,2,4,13-15,18,37H2,(H,40,41)(H,42,43)/t23-,29+,31?/m1/s1. The molecule has 1 fully saturated rings. The third-order valence-electron chi connectivity index (χ3n) is 8.19. The maximum absolute atomic E-state index is 15.0. The SMILES string of the molecule is NC(C(=O)Nc1cncc(F)c1CC[C@@H]1CN[C@H](c2nc3c([nH]2)CCC=C3)CO1)C(c1ccc(F)cc1)c1ccc(F)cc1.